The molecule has 4 rings (SSSR count). The molecule has 1 amide bonds. The fourth-order valence-corrected chi connectivity index (χ4v) is 4.09. The maximum atomic E-state index is 13.3. The van der Waals surface area contributed by atoms with Crippen molar-refractivity contribution >= 4 is 35.6 Å². The number of hydrogen-bond donors (Lipinski definition) is 3. The van der Waals surface area contributed by atoms with Crippen LogP contribution in [-0.4, -0.2) is 64.4 Å². The molecular weight excluding hydrogens is 590 g/mol. The zero-order valence-electron chi connectivity index (χ0n) is 21.9. The van der Waals surface area contributed by atoms with Gasteiger partial charge in [-0.3, -0.25) is 14.3 Å². The minimum Gasteiger partial charge on any atom is -0.386 e. The van der Waals surface area contributed by atoms with E-state index in [1.165, 1.54) is 42.1 Å². The molecular formula is C24H26Cl2F3N9O3. The van der Waals surface area contributed by atoms with Crippen LogP contribution in [0.2, 0.25) is 5.02 Å². The van der Waals surface area contributed by atoms with Crippen molar-refractivity contribution in [3.63, 3.8) is 0 Å². The predicted molar refractivity (Wildman–Crippen MR) is 146 cm³/mol. The van der Waals surface area contributed by atoms with Gasteiger partial charge in [0.15, 0.2) is 23.6 Å². The summed E-state index contributed by atoms with van der Waals surface area (Å²) < 4.78 is 42.6. The number of pyridine rings is 1. The molecule has 0 aliphatic heterocycles. The third-order valence-electron chi connectivity index (χ3n) is 5.83. The summed E-state index contributed by atoms with van der Waals surface area (Å²) in [5, 5.41) is 24.6. The first-order chi connectivity index (χ1) is 18.9. The summed E-state index contributed by atoms with van der Waals surface area (Å²) in [4.78, 5) is 33.6. The smallest absolute Gasteiger partial charge is 0.386 e. The number of carbonyl (C=O) groups is 1. The van der Waals surface area contributed by atoms with Gasteiger partial charge in [0.2, 0.25) is 5.91 Å². The topological polar surface area (TPSA) is 145 Å². The molecule has 0 saturated heterocycles. The molecule has 2 unspecified atom stereocenters. The van der Waals surface area contributed by atoms with Crippen molar-refractivity contribution < 1.29 is 23.1 Å². The maximum absolute atomic E-state index is 13.3. The van der Waals surface area contributed by atoms with E-state index in [1.807, 2.05) is 0 Å². The molecule has 0 spiro atoms. The number of benzene rings is 1. The maximum Gasteiger partial charge on any atom is 0.416 e. The van der Waals surface area contributed by atoms with Gasteiger partial charge >= 0.3 is 11.9 Å². The monoisotopic (exact) mass is 615 g/mol. The second-order valence-electron chi connectivity index (χ2n) is 8.80. The van der Waals surface area contributed by atoms with E-state index in [-0.39, 0.29) is 36.5 Å². The van der Waals surface area contributed by atoms with E-state index in [4.69, 9.17) is 11.6 Å². The van der Waals surface area contributed by atoms with Gasteiger partial charge in [-0.25, -0.2) is 19.1 Å². The predicted octanol–water partition coefficient (Wildman–Crippen LogP) is 2.97. The molecule has 12 nitrogen and oxygen atoms in total. The van der Waals surface area contributed by atoms with Crippen LogP contribution in [0.5, 0.6) is 0 Å². The van der Waals surface area contributed by atoms with Crippen LogP contribution in [0.3, 0.4) is 0 Å². The number of aromatic nitrogens is 7. The highest BCUT2D eigenvalue weighted by molar-refractivity contribution is 6.30. The van der Waals surface area contributed by atoms with Gasteiger partial charge in [0.1, 0.15) is 12.2 Å². The molecule has 220 valence electrons. The summed E-state index contributed by atoms with van der Waals surface area (Å²) in [6.45, 7) is 1.64. The van der Waals surface area contributed by atoms with E-state index in [1.54, 1.807) is 26.2 Å². The molecule has 3 N–H and O–H groups in total. The Hall–Kier alpha value is -3.95. The Bertz CT molecular complexity index is 1570. The summed E-state index contributed by atoms with van der Waals surface area (Å²) in [6, 6.07) is 7.08. The summed E-state index contributed by atoms with van der Waals surface area (Å²) in [5.41, 5.74) is 0.541. The zero-order chi connectivity index (χ0) is 29.2. The number of carbonyl (C=O) groups excluding carboxylic acids is 1. The molecule has 4 aromatic rings. The number of amides is 1. The zero-order valence-corrected chi connectivity index (χ0v) is 23.5. The van der Waals surface area contributed by atoms with Gasteiger partial charge in [-0.2, -0.15) is 13.2 Å². The third-order valence-corrected chi connectivity index (χ3v) is 6.08. The van der Waals surface area contributed by atoms with Gasteiger partial charge in [-0.15, -0.1) is 22.6 Å². The number of alkyl halides is 3. The van der Waals surface area contributed by atoms with E-state index >= 15 is 0 Å². The molecule has 0 radical (unpaired) electrons. The average molecular weight is 616 g/mol. The summed E-state index contributed by atoms with van der Waals surface area (Å²) >= 11 is 5.94. The minimum absolute atomic E-state index is 0. The second kappa shape index (κ2) is 12.7. The van der Waals surface area contributed by atoms with Crippen molar-refractivity contribution in [2.45, 2.75) is 45.3 Å². The molecule has 0 saturated carbocycles. The Morgan fingerprint density at radius 3 is 2.46 bits per heavy atom. The van der Waals surface area contributed by atoms with Crippen molar-refractivity contribution in [2.75, 3.05) is 12.4 Å². The Labute approximate surface area is 242 Å². The summed E-state index contributed by atoms with van der Waals surface area (Å²) in [5.74, 6) is -0.0214. The Kier molecular flexibility index (Phi) is 9.78. The van der Waals surface area contributed by atoms with Crippen molar-refractivity contribution in [1.82, 2.24) is 39.4 Å². The lowest BCUT2D eigenvalue weighted by atomic mass is 10.2. The number of aliphatic hydroxyl groups is 1. The molecule has 0 fully saturated rings. The lowest BCUT2D eigenvalue weighted by Gasteiger charge is -2.15. The quantitative estimate of drug-likeness (QED) is 0.261. The van der Waals surface area contributed by atoms with Crippen LogP contribution in [0.1, 0.15) is 31.5 Å². The summed E-state index contributed by atoms with van der Waals surface area (Å²) in [6.07, 6.45) is -4.65. The normalized spacial score (nSPS) is 12.9. The van der Waals surface area contributed by atoms with E-state index in [0.717, 1.165) is 9.25 Å². The Morgan fingerprint density at radius 2 is 1.85 bits per heavy atom. The molecule has 3 heterocycles. The van der Waals surface area contributed by atoms with E-state index < -0.39 is 30.6 Å². The van der Waals surface area contributed by atoms with Gasteiger partial charge in [0.25, 0.3) is 0 Å². The van der Waals surface area contributed by atoms with Gasteiger partial charge in [0.05, 0.1) is 24.5 Å². The molecule has 0 aliphatic carbocycles. The van der Waals surface area contributed by atoms with Gasteiger partial charge in [-0.1, -0.05) is 11.6 Å². The number of halogens is 5. The SMILES string of the molecule is CNc1ccncc1-n1nc(Cn2nc(-c3ccc(Cl)cc3)n(CC(O)C(F)(F)F)c2=O)nc1C(C)NC(C)=O.Cl. The fourth-order valence-electron chi connectivity index (χ4n) is 3.96. The van der Waals surface area contributed by atoms with Gasteiger partial charge in [0, 0.05) is 30.8 Å². The molecule has 41 heavy (non-hydrogen) atoms. The van der Waals surface area contributed by atoms with Crippen LogP contribution in [0, 0.1) is 0 Å². The Morgan fingerprint density at radius 1 is 1.17 bits per heavy atom. The third kappa shape index (κ3) is 7.04. The van der Waals surface area contributed by atoms with Crippen LogP contribution >= 0.6 is 24.0 Å². The highest BCUT2D eigenvalue weighted by Crippen LogP contribution is 2.25. The van der Waals surface area contributed by atoms with E-state index in [2.05, 4.69) is 30.8 Å². The minimum atomic E-state index is -4.96. The molecule has 3 aromatic heterocycles. The first-order valence-electron chi connectivity index (χ1n) is 11.9. The van der Waals surface area contributed by atoms with Crippen LogP contribution < -0.4 is 16.3 Å². The van der Waals surface area contributed by atoms with Crippen LogP contribution in [0.4, 0.5) is 18.9 Å². The number of aliphatic hydroxyl groups excluding tert-OH is 1. The molecule has 0 aliphatic rings. The first-order valence-corrected chi connectivity index (χ1v) is 12.3. The fraction of sp³-hybridized carbons (Fsp3) is 0.333. The lowest BCUT2D eigenvalue weighted by molar-refractivity contribution is -0.207. The van der Waals surface area contributed by atoms with Crippen molar-refractivity contribution in [3.05, 3.63) is 69.9 Å². The van der Waals surface area contributed by atoms with E-state index in [0.29, 0.717) is 27.8 Å². The molecule has 17 heteroatoms. The van der Waals surface area contributed by atoms with Crippen LogP contribution in [-0.2, 0) is 17.9 Å². The first kappa shape index (κ1) is 31.6. The van der Waals surface area contributed by atoms with Crippen molar-refractivity contribution in [2.24, 2.45) is 0 Å². The Balaban J connectivity index is 0.00000462. The van der Waals surface area contributed by atoms with Gasteiger partial charge in [-0.05, 0) is 37.3 Å². The highest BCUT2D eigenvalue weighted by atomic mass is 35.5. The highest BCUT2D eigenvalue weighted by Gasteiger charge is 2.39. The van der Waals surface area contributed by atoms with Crippen molar-refractivity contribution in [1.29, 1.82) is 0 Å². The summed E-state index contributed by atoms with van der Waals surface area (Å²) in [7, 11) is 1.70. The van der Waals surface area contributed by atoms with Crippen LogP contribution in [0.15, 0.2) is 47.5 Å². The average Bonchev–Trinajstić information content (AvgIpc) is 3.45. The van der Waals surface area contributed by atoms with Crippen LogP contribution in [0.25, 0.3) is 17.1 Å². The largest absolute Gasteiger partial charge is 0.416 e. The number of anilines is 1. The molecule has 2 atom stereocenters. The molecule has 1 aromatic carbocycles. The number of rotatable bonds is 9. The number of nitrogens with zero attached hydrogens (tertiary/aromatic N) is 7. The second-order valence-corrected chi connectivity index (χ2v) is 9.24. The number of nitrogens with one attached hydrogen (secondary N) is 2. The van der Waals surface area contributed by atoms with E-state index in [9.17, 15) is 27.9 Å². The van der Waals surface area contributed by atoms with Crippen molar-refractivity contribution in [3.8, 4) is 17.1 Å². The standard InChI is InChI=1S/C24H25ClF3N9O3.ClH/c1-13(31-14(2)38)21-32-20(33-37(21)18-10-30-9-8-17(18)29-3)12-36-23(40)35(11-19(39)24(26,27)28)22(34-36)15-4-6-16(25)7-5-15;/h4-10,13,19,39H,11-12H2,1-3H3,(H,29,30)(H,31,38);1H. The van der Waals surface area contributed by atoms with Gasteiger partial charge < -0.3 is 15.7 Å². The lowest BCUT2D eigenvalue weighted by Crippen LogP contribution is -2.37. The molecule has 0 bridgehead atoms. The number of hydrogen-bond acceptors (Lipinski definition) is 8.